The molecular weight excluding hydrogens is 168 g/mol. The van der Waals surface area contributed by atoms with Gasteiger partial charge in [-0.2, -0.15) is 0 Å². The number of ether oxygens (including phenoxy) is 1. The Bertz CT molecular complexity index is 137. The monoisotopic (exact) mass is 181 g/mol. The van der Waals surface area contributed by atoms with Crippen molar-refractivity contribution < 1.29 is 18.6 Å². The van der Waals surface area contributed by atoms with E-state index < -0.39 is 19.1 Å². The molecule has 3 nitrogen and oxygen atoms in total. The van der Waals surface area contributed by atoms with Gasteiger partial charge in [0.1, 0.15) is 6.61 Å². The van der Waals surface area contributed by atoms with Gasteiger partial charge in [0.25, 0.3) is 5.92 Å². The van der Waals surface area contributed by atoms with Crippen molar-refractivity contribution in [2.75, 3.05) is 26.4 Å². The first-order valence-electron chi connectivity index (χ1n) is 3.94. The van der Waals surface area contributed by atoms with E-state index >= 15 is 0 Å². The highest BCUT2D eigenvalue weighted by Crippen LogP contribution is 2.11. The van der Waals surface area contributed by atoms with Crippen LogP contribution in [0.25, 0.3) is 0 Å². The molecule has 1 saturated heterocycles. The van der Waals surface area contributed by atoms with Crippen LogP contribution in [0.15, 0.2) is 0 Å². The minimum absolute atomic E-state index is 0.0161. The van der Waals surface area contributed by atoms with E-state index in [0.29, 0.717) is 13.2 Å². The molecule has 0 radical (unpaired) electrons. The van der Waals surface area contributed by atoms with E-state index in [-0.39, 0.29) is 6.04 Å². The van der Waals surface area contributed by atoms with Crippen molar-refractivity contribution in [2.24, 2.45) is 0 Å². The summed E-state index contributed by atoms with van der Waals surface area (Å²) in [6, 6.07) is 0.0161. The van der Waals surface area contributed by atoms with Crippen LogP contribution in [0.4, 0.5) is 8.78 Å². The minimum atomic E-state index is -3.01. The molecule has 1 rings (SSSR count). The summed E-state index contributed by atoms with van der Waals surface area (Å²) in [6.45, 7) is -0.463. The first kappa shape index (κ1) is 9.83. The fourth-order valence-electron chi connectivity index (χ4n) is 1.05. The third-order valence-electron chi connectivity index (χ3n) is 1.81. The topological polar surface area (TPSA) is 41.5 Å². The normalized spacial score (nSPS) is 24.8. The van der Waals surface area contributed by atoms with Crippen LogP contribution in [0, 0.1) is 0 Å². The van der Waals surface area contributed by atoms with Crippen molar-refractivity contribution in [1.29, 1.82) is 0 Å². The Kier molecular flexibility index (Phi) is 3.37. The summed E-state index contributed by atoms with van der Waals surface area (Å²) >= 11 is 0. The maximum atomic E-state index is 12.5. The summed E-state index contributed by atoms with van der Waals surface area (Å²) in [7, 11) is 0. The number of alkyl halides is 2. The van der Waals surface area contributed by atoms with E-state index in [1.807, 2.05) is 0 Å². The molecule has 0 aliphatic carbocycles. The molecule has 1 atom stereocenters. The molecule has 0 bridgehead atoms. The summed E-state index contributed by atoms with van der Waals surface area (Å²) in [5.74, 6) is -3.01. The van der Waals surface area contributed by atoms with Gasteiger partial charge in [-0.05, 0) is 6.42 Å². The summed E-state index contributed by atoms with van der Waals surface area (Å²) in [6.07, 6.45) is 0.765. The molecule has 1 aliphatic rings. The highest BCUT2D eigenvalue weighted by molar-refractivity contribution is 4.76. The third kappa shape index (κ3) is 3.00. The van der Waals surface area contributed by atoms with Crippen molar-refractivity contribution >= 4 is 0 Å². The Morgan fingerprint density at radius 3 is 2.83 bits per heavy atom. The molecular formula is C7H13F2NO2. The number of halogens is 2. The van der Waals surface area contributed by atoms with Crippen molar-refractivity contribution in [3.8, 4) is 0 Å². The molecule has 1 fully saturated rings. The zero-order valence-corrected chi connectivity index (χ0v) is 6.72. The number of aliphatic hydroxyl groups is 1. The van der Waals surface area contributed by atoms with Crippen molar-refractivity contribution in [2.45, 2.75) is 18.4 Å². The first-order chi connectivity index (χ1) is 5.64. The van der Waals surface area contributed by atoms with Crippen LogP contribution in [0.2, 0.25) is 0 Å². The molecule has 72 valence electrons. The van der Waals surface area contributed by atoms with E-state index in [4.69, 9.17) is 9.84 Å². The van der Waals surface area contributed by atoms with Gasteiger partial charge in [-0.25, -0.2) is 8.78 Å². The SMILES string of the molecule is OCC(F)(F)CNC1CCOC1. The standard InChI is InChI=1S/C7H13F2NO2/c8-7(9,5-11)4-10-6-1-2-12-3-6/h6,10-11H,1-5H2. The van der Waals surface area contributed by atoms with Gasteiger partial charge in [-0.3, -0.25) is 0 Å². The van der Waals surface area contributed by atoms with Gasteiger partial charge in [0.2, 0.25) is 0 Å². The second-order valence-corrected chi connectivity index (χ2v) is 2.96. The summed E-state index contributed by atoms with van der Waals surface area (Å²) < 4.78 is 29.9. The van der Waals surface area contributed by atoms with Crippen LogP contribution >= 0.6 is 0 Å². The maximum absolute atomic E-state index is 12.5. The lowest BCUT2D eigenvalue weighted by Gasteiger charge is -2.16. The fraction of sp³-hybridized carbons (Fsp3) is 1.00. The Balaban J connectivity index is 2.15. The van der Waals surface area contributed by atoms with Gasteiger partial charge in [0.05, 0.1) is 13.2 Å². The van der Waals surface area contributed by atoms with Crippen LogP contribution in [-0.2, 0) is 4.74 Å². The van der Waals surface area contributed by atoms with Gasteiger partial charge < -0.3 is 15.2 Å². The quantitative estimate of drug-likeness (QED) is 0.641. The largest absolute Gasteiger partial charge is 0.390 e. The predicted molar refractivity (Wildman–Crippen MR) is 39.3 cm³/mol. The zero-order valence-electron chi connectivity index (χ0n) is 6.72. The molecule has 5 heteroatoms. The van der Waals surface area contributed by atoms with Crippen LogP contribution in [-0.4, -0.2) is 43.4 Å². The van der Waals surface area contributed by atoms with Gasteiger partial charge in [-0.15, -0.1) is 0 Å². The minimum Gasteiger partial charge on any atom is -0.390 e. The Morgan fingerprint density at radius 1 is 1.58 bits per heavy atom. The van der Waals surface area contributed by atoms with Crippen molar-refractivity contribution in [3.05, 3.63) is 0 Å². The smallest absolute Gasteiger partial charge is 0.282 e. The maximum Gasteiger partial charge on any atom is 0.282 e. The van der Waals surface area contributed by atoms with Crippen LogP contribution in [0.5, 0.6) is 0 Å². The lowest BCUT2D eigenvalue weighted by Crippen LogP contribution is -2.41. The molecule has 0 aromatic rings. The molecule has 1 heterocycles. The molecule has 2 N–H and O–H groups in total. The average Bonchev–Trinajstić information content (AvgIpc) is 2.53. The van der Waals surface area contributed by atoms with E-state index in [9.17, 15) is 8.78 Å². The molecule has 1 unspecified atom stereocenters. The zero-order chi connectivity index (χ0) is 9.03. The van der Waals surface area contributed by atoms with Crippen molar-refractivity contribution in [3.63, 3.8) is 0 Å². The van der Waals surface area contributed by atoms with Gasteiger partial charge >= 0.3 is 0 Å². The van der Waals surface area contributed by atoms with Gasteiger partial charge in [0, 0.05) is 12.6 Å². The number of aliphatic hydroxyl groups excluding tert-OH is 1. The second-order valence-electron chi connectivity index (χ2n) is 2.96. The molecule has 0 aromatic heterocycles. The lowest BCUT2D eigenvalue weighted by molar-refractivity contribution is -0.0493. The number of hydrogen-bond acceptors (Lipinski definition) is 3. The number of nitrogens with one attached hydrogen (secondary N) is 1. The molecule has 0 amide bonds. The van der Waals surface area contributed by atoms with Crippen LogP contribution < -0.4 is 5.32 Å². The Hall–Kier alpha value is -0.260. The molecule has 12 heavy (non-hydrogen) atoms. The number of hydrogen-bond donors (Lipinski definition) is 2. The summed E-state index contributed by atoms with van der Waals surface area (Å²) in [4.78, 5) is 0. The second kappa shape index (κ2) is 4.11. The van der Waals surface area contributed by atoms with Crippen molar-refractivity contribution in [1.82, 2.24) is 5.32 Å². The predicted octanol–water partition coefficient (Wildman–Crippen LogP) is -0.00750. The van der Waals surface area contributed by atoms with E-state index in [2.05, 4.69) is 5.32 Å². The first-order valence-corrected chi connectivity index (χ1v) is 3.94. The fourth-order valence-corrected chi connectivity index (χ4v) is 1.05. The lowest BCUT2D eigenvalue weighted by atomic mass is 10.2. The van der Waals surface area contributed by atoms with Gasteiger partial charge in [-0.1, -0.05) is 0 Å². The highest BCUT2D eigenvalue weighted by Gasteiger charge is 2.29. The molecule has 0 aromatic carbocycles. The van der Waals surface area contributed by atoms with E-state index in [1.54, 1.807) is 0 Å². The summed E-state index contributed by atoms with van der Waals surface area (Å²) in [5.41, 5.74) is 0. The highest BCUT2D eigenvalue weighted by atomic mass is 19.3. The van der Waals surface area contributed by atoms with Gasteiger partial charge in [0.15, 0.2) is 0 Å². The summed E-state index contributed by atoms with van der Waals surface area (Å²) in [5, 5.41) is 10.9. The van der Waals surface area contributed by atoms with Crippen LogP contribution in [0.1, 0.15) is 6.42 Å². The Labute approximate surface area is 69.7 Å². The molecule has 0 saturated carbocycles. The number of rotatable bonds is 4. The van der Waals surface area contributed by atoms with E-state index in [1.165, 1.54) is 0 Å². The third-order valence-corrected chi connectivity index (χ3v) is 1.81. The van der Waals surface area contributed by atoms with E-state index in [0.717, 1.165) is 6.42 Å². The Morgan fingerprint density at radius 2 is 2.33 bits per heavy atom. The molecule has 1 aliphatic heterocycles. The average molecular weight is 181 g/mol. The van der Waals surface area contributed by atoms with Crippen LogP contribution in [0.3, 0.4) is 0 Å². The molecule has 0 spiro atoms.